The van der Waals surface area contributed by atoms with Crippen LogP contribution < -0.4 is 4.74 Å². The van der Waals surface area contributed by atoms with Crippen LogP contribution in [0.3, 0.4) is 0 Å². The normalized spacial score (nSPS) is 23.2. The van der Waals surface area contributed by atoms with Crippen molar-refractivity contribution in [3.63, 3.8) is 0 Å². The number of carbonyl (C=O) groups is 1. The van der Waals surface area contributed by atoms with Crippen molar-refractivity contribution in [3.8, 4) is 5.75 Å². The van der Waals surface area contributed by atoms with E-state index in [-0.39, 0.29) is 12.0 Å². The Morgan fingerprint density at radius 3 is 2.59 bits per heavy atom. The van der Waals surface area contributed by atoms with Gasteiger partial charge in [0.05, 0.1) is 39.2 Å². The molecule has 1 unspecified atom stereocenters. The van der Waals surface area contributed by atoms with Gasteiger partial charge in [0.15, 0.2) is 11.5 Å². The lowest BCUT2D eigenvalue weighted by Crippen LogP contribution is -2.47. The van der Waals surface area contributed by atoms with Crippen LogP contribution in [0, 0.1) is 0 Å². The van der Waals surface area contributed by atoms with E-state index in [2.05, 4.69) is 10.3 Å². The van der Waals surface area contributed by atoms with Crippen molar-refractivity contribution in [2.75, 3.05) is 33.4 Å². The average molecular weight is 400 g/mol. The second-order valence-electron chi connectivity index (χ2n) is 7.54. The fourth-order valence-corrected chi connectivity index (χ4v) is 4.18. The van der Waals surface area contributed by atoms with Crippen LogP contribution in [-0.2, 0) is 27.4 Å². The van der Waals surface area contributed by atoms with Crippen molar-refractivity contribution in [2.45, 2.75) is 37.9 Å². The molecule has 4 heterocycles. The third-order valence-electron chi connectivity index (χ3n) is 5.91. The van der Waals surface area contributed by atoms with Crippen molar-refractivity contribution < 1.29 is 23.7 Å². The van der Waals surface area contributed by atoms with Gasteiger partial charge in [-0.2, -0.15) is 0 Å². The van der Waals surface area contributed by atoms with E-state index in [0.29, 0.717) is 58.0 Å². The van der Waals surface area contributed by atoms with Crippen molar-refractivity contribution in [1.82, 2.24) is 19.9 Å². The third kappa shape index (κ3) is 3.39. The van der Waals surface area contributed by atoms with Gasteiger partial charge >= 0.3 is 0 Å². The number of benzene rings is 1. The SMILES string of the molecule is COc1ccc(C2Cn3nnc(C(=O)N4CCC5(CC4)OCCO5)c3CO2)cc1. The van der Waals surface area contributed by atoms with E-state index in [1.807, 2.05) is 24.3 Å². The highest BCUT2D eigenvalue weighted by Gasteiger charge is 2.41. The van der Waals surface area contributed by atoms with Crippen LogP contribution in [0.15, 0.2) is 24.3 Å². The maximum absolute atomic E-state index is 13.0. The Morgan fingerprint density at radius 2 is 1.90 bits per heavy atom. The minimum absolute atomic E-state index is 0.106. The predicted octanol–water partition coefficient (Wildman–Crippen LogP) is 1.54. The number of fused-ring (bicyclic) bond motifs is 1. The van der Waals surface area contributed by atoms with Crippen LogP contribution in [-0.4, -0.2) is 65.0 Å². The molecule has 2 saturated heterocycles. The molecule has 0 aliphatic carbocycles. The second-order valence-corrected chi connectivity index (χ2v) is 7.54. The third-order valence-corrected chi connectivity index (χ3v) is 5.91. The number of nitrogens with zero attached hydrogens (tertiary/aromatic N) is 4. The largest absolute Gasteiger partial charge is 0.497 e. The summed E-state index contributed by atoms with van der Waals surface area (Å²) in [5.74, 6) is 0.193. The molecule has 1 atom stereocenters. The van der Waals surface area contributed by atoms with E-state index < -0.39 is 5.79 Å². The number of hydrogen-bond donors (Lipinski definition) is 0. The van der Waals surface area contributed by atoms with Crippen molar-refractivity contribution >= 4 is 5.91 Å². The summed E-state index contributed by atoms with van der Waals surface area (Å²) < 4.78 is 24.5. The Hall–Kier alpha value is -2.49. The maximum atomic E-state index is 13.0. The molecule has 9 heteroatoms. The number of amides is 1. The van der Waals surface area contributed by atoms with E-state index in [1.165, 1.54) is 0 Å². The van der Waals surface area contributed by atoms with Crippen LogP contribution >= 0.6 is 0 Å². The molecule has 3 aliphatic rings. The van der Waals surface area contributed by atoms with Gasteiger partial charge in [-0.15, -0.1) is 5.10 Å². The summed E-state index contributed by atoms with van der Waals surface area (Å²) in [4.78, 5) is 14.8. The molecule has 0 bridgehead atoms. The molecule has 1 aromatic heterocycles. The molecule has 154 valence electrons. The van der Waals surface area contributed by atoms with Gasteiger partial charge in [-0.1, -0.05) is 17.3 Å². The van der Waals surface area contributed by atoms with Gasteiger partial charge in [0.1, 0.15) is 11.9 Å². The fraction of sp³-hybridized carbons (Fsp3) is 0.550. The molecule has 2 aromatic rings. The van der Waals surface area contributed by atoms with E-state index in [0.717, 1.165) is 17.0 Å². The number of likely N-dealkylation sites (tertiary alicyclic amines) is 1. The number of aromatic nitrogens is 3. The summed E-state index contributed by atoms with van der Waals surface area (Å²) in [6, 6.07) is 7.78. The average Bonchev–Trinajstić information content (AvgIpc) is 3.40. The Balaban J connectivity index is 1.27. The molecular formula is C20H24N4O5. The number of piperidine rings is 1. The minimum atomic E-state index is -0.503. The molecule has 0 N–H and O–H groups in total. The zero-order valence-corrected chi connectivity index (χ0v) is 16.4. The highest BCUT2D eigenvalue weighted by Crippen LogP contribution is 2.33. The van der Waals surface area contributed by atoms with E-state index in [1.54, 1.807) is 16.7 Å². The summed E-state index contributed by atoms with van der Waals surface area (Å²) in [6.45, 7) is 3.24. The van der Waals surface area contributed by atoms with Gasteiger partial charge < -0.3 is 23.8 Å². The maximum Gasteiger partial charge on any atom is 0.276 e. The first-order valence-corrected chi connectivity index (χ1v) is 9.92. The van der Waals surface area contributed by atoms with Gasteiger partial charge in [0.2, 0.25) is 0 Å². The summed E-state index contributed by atoms with van der Waals surface area (Å²) in [7, 11) is 1.64. The second kappa shape index (κ2) is 7.40. The summed E-state index contributed by atoms with van der Waals surface area (Å²) in [5, 5.41) is 8.39. The van der Waals surface area contributed by atoms with Gasteiger partial charge in [-0.05, 0) is 17.7 Å². The molecule has 0 radical (unpaired) electrons. The molecule has 9 nitrogen and oxygen atoms in total. The molecule has 29 heavy (non-hydrogen) atoms. The predicted molar refractivity (Wildman–Crippen MR) is 100 cm³/mol. The van der Waals surface area contributed by atoms with Crippen LogP contribution in [0.4, 0.5) is 0 Å². The van der Waals surface area contributed by atoms with Gasteiger partial charge in [0.25, 0.3) is 5.91 Å². The summed E-state index contributed by atoms with van der Waals surface area (Å²) in [5.41, 5.74) is 2.15. The number of ether oxygens (including phenoxy) is 4. The highest BCUT2D eigenvalue weighted by atomic mass is 16.7. The zero-order valence-electron chi connectivity index (χ0n) is 16.4. The van der Waals surface area contributed by atoms with Crippen LogP contribution in [0.1, 0.15) is 40.7 Å². The number of carbonyl (C=O) groups excluding carboxylic acids is 1. The van der Waals surface area contributed by atoms with Crippen molar-refractivity contribution in [2.24, 2.45) is 0 Å². The summed E-state index contributed by atoms with van der Waals surface area (Å²) >= 11 is 0. The van der Waals surface area contributed by atoms with Crippen LogP contribution in [0.25, 0.3) is 0 Å². The molecule has 1 aromatic carbocycles. The lowest BCUT2D eigenvalue weighted by Gasteiger charge is -2.37. The lowest BCUT2D eigenvalue weighted by atomic mass is 10.0. The first-order valence-electron chi connectivity index (χ1n) is 9.92. The highest BCUT2D eigenvalue weighted by molar-refractivity contribution is 5.93. The molecule has 5 rings (SSSR count). The zero-order chi connectivity index (χ0) is 19.8. The Kier molecular flexibility index (Phi) is 4.73. The Labute approximate surface area is 168 Å². The van der Waals surface area contributed by atoms with Crippen LogP contribution in [0.5, 0.6) is 5.75 Å². The number of hydrogen-bond acceptors (Lipinski definition) is 7. The number of rotatable bonds is 3. The minimum Gasteiger partial charge on any atom is -0.497 e. The molecule has 1 spiro atoms. The first-order chi connectivity index (χ1) is 14.2. The van der Waals surface area contributed by atoms with E-state index >= 15 is 0 Å². The lowest BCUT2D eigenvalue weighted by molar-refractivity contribution is -0.181. The molecular weight excluding hydrogens is 376 g/mol. The molecule has 2 fully saturated rings. The van der Waals surface area contributed by atoms with Crippen LogP contribution in [0.2, 0.25) is 0 Å². The van der Waals surface area contributed by atoms with E-state index in [4.69, 9.17) is 18.9 Å². The fourth-order valence-electron chi connectivity index (χ4n) is 4.18. The van der Waals surface area contributed by atoms with Gasteiger partial charge in [0, 0.05) is 25.9 Å². The quantitative estimate of drug-likeness (QED) is 0.772. The molecule has 1 amide bonds. The van der Waals surface area contributed by atoms with Crippen molar-refractivity contribution in [3.05, 3.63) is 41.2 Å². The monoisotopic (exact) mass is 400 g/mol. The van der Waals surface area contributed by atoms with Gasteiger partial charge in [-0.3, -0.25) is 4.79 Å². The first kappa shape index (κ1) is 18.5. The Morgan fingerprint density at radius 1 is 1.17 bits per heavy atom. The topological polar surface area (TPSA) is 87.9 Å². The smallest absolute Gasteiger partial charge is 0.276 e. The van der Waals surface area contributed by atoms with E-state index in [9.17, 15) is 4.79 Å². The van der Waals surface area contributed by atoms with Crippen molar-refractivity contribution in [1.29, 1.82) is 0 Å². The number of methoxy groups -OCH3 is 1. The Bertz CT molecular complexity index is 881. The standard InChI is InChI=1S/C20H24N4O5/c1-26-15-4-2-14(3-5-15)17-12-24-16(13-27-17)18(21-22-24)19(25)23-8-6-20(7-9-23)28-10-11-29-20/h2-5,17H,6-13H2,1H3. The molecule has 0 saturated carbocycles. The summed E-state index contributed by atoms with van der Waals surface area (Å²) in [6.07, 6.45) is 1.22. The molecule has 3 aliphatic heterocycles. The van der Waals surface area contributed by atoms with Gasteiger partial charge in [-0.25, -0.2) is 4.68 Å².